The van der Waals surface area contributed by atoms with E-state index in [0.717, 1.165) is 6.42 Å². The van der Waals surface area contributed by atoms with Gasteiger partial charge < -0.3 is 0 Å². The summed E-state index contributed by atoms with van der Waals surface area (Å²) in [6.07, 6.45) is 3.31. The molecule has 0 radical (unpaired) electrons. The standard InChI is InChI=1S/C11H15BrS/c1-5-9(6-2)10-7(3)13-8(4)11(10)12/h5H,6H2,1-4H3/b9-5+. The van der Waals surface area contributed by atoms with Crippen molar-refractivity contribution in [3.63, 3.8) is 0 Å². The summed E-state index contributed by atoms with van der Waals surface area (Å²) in [6, 6.07) is 0. The Hall–Kier alpha value is -0.0800. The lowest BCUT2D eigenvalue weighted by Crippen LogP contribution is -1.83. The zero-order chi connectivity index (χ0) is 10.0. The predicted octanol–water partition coefficient (Wildman–Crippen LogP) is 4.94. The zero-order valence-corrected chi connectivity index (χ0v) is 11.0. The molecule has 72 valence electrons. The average Bonchev–Trinajstić information content (AvgIpc) is 2.34. The van der Waals surface area contributed by atoms with Crippen LogP contribution in [-0.4, -0.2) is 0 Å². The fourth-order valence-electron chi connectivity index (χ4n) is 1.55. The maximum atomic E-state index is 3.65. The molecule has 1 heterocycles. The largest absolute Gasteiger partial charge is 0.144 e. The minimum Gasteiger partial charge on any atom is -0.144 e. The lowest BCUT2D eigenvalue weighted by atomic mass is 10.0. The fourth-order valence-corrected chi connectivity index (χ4v) is 3.46. The third kappa shape index (κ3) is 2.05. The maximum Gasteiger partial charge on any atom is 0.0389 e. The number of allylic oxidation sites excluding steroid dienone is 2. The highest BCUT2D eigenvalue weighted by Gasteiger charge is 2.12. The maximum absolute atomic E-state index is 3.65. The summed E-state index contributed by atoms with van der Waals surface area (Å²) in [5, 5.41) is 0. The average molecular weight is 259 g/mol. The van der Waals surface area contributed by atoms with Gasteiger partial charge in [-0.3, -0.25) is 0 Å². The van der Waals surface area contributed by atoms with Gasteiger partial charge in [0, 0.05) is 19.8 Å². The van der Waals surface area contributed by atoms with Gasteiger partial charge in [0.1, 0.15) is 0 Å². The summed E-state index contributed by atoms with van der Waals surface area (Å²) in [6.45, 7) is 8.66. The molecule has 0 aliphatic rings. The van der Waals surface area contributed by atoms with E-state index in [2.05, 4.69) is 49.7 Å². The Morgan fingerprint density at radius 3 is 2.31 bits per heavy atom. The molecule has 0 unspecified atom stereocenters. The van der Waals surface area contributed by atoms with Crippen LogP contribution in [0.3, 0.4) is 0 Å². The Kier molecular flexibility index (Phi) is 3.74. The second kappa shape index (κ2) is 4.43. The molecule has 0 saturated carbocycles. The van der Waals surface area contributed by atoms with E-state index < -0.39 is 0 Å². The molecule has 0 bridgehead atoms. The Morgan fingerprint density at radius 2 is 2.00 bits per heavy atom. The first-order valence-corrected chi connectivity index (χ1v) is 6.13. The van der Waals surface area contributed by atoms with Crippen molar-refractivity contribution >= 4 is 32.8 Å². The number of rotatable bonds is 2. The highest BCUT2D eigenvalue weighted by Crippen LogP contribution is 2.37. The van der Waals surface area contributed by atoms with Gasteiger partial charge in [0.2, 0.25) is 0 Å². The van der Waals surface area contributed by atoms with Crippen molar-refractivity contribution in [3.8, 4) is 0 Å². The predicted molar refractivity (Wildman–Crippen MR) is 65.4 cm³/mol. The Balaban J connectivity index is 3.28. The Morgan fingerprint density at radius 1 is 1.38 bits per heavy atom. The van der Waals surface area contributed by atoms with E-state index in [1.54, 1.807) is 0 Å². The Bertz CT molecular complexity index is 334. The molecular weight excluding hydrogens is 244 g/mol. The quantitative estimate of drug-likeness (QED) is 0.705. The first kappa shape index (κ1) is 11.0. The molecule has 0 fully saturated rings. The van der Waals surface area contributed by atoms with Crippen LogP contribution >= 0.6 is 27.3 Å². The van der Waals surface area contributed by atoms with Gasteiger partial charge in [-0.1, -0.05) is 13.0 Å². The normalized spacial score (nSPS) is 12.2. The van der Waals surface area contributed by atoms with Crippen LogP contribution in [0.25, 0.3) is 5.57 Å². The molecule has 0 spiro atoms. The second-order valence-electron chi connectivity index (χ2n) is 3.07. The van der Waals surface area contributed by atoms with Crippen LogP contribution in [0, 0.1) is 13.8 Å². The number of thiophene rings is 1. The summed E-state index contributed by atoms with van der Waals surface area (Å²) < 4.78 is 1.28. The highest BCUT2D eigenvalue weighted by atomic mass is 79.9. The molecular formula is C11H15BrS. The van der Waals surface area contributed by atoms with Gasteiger partial charge >= 0.3 is 0 Å². The van der Waals surface area contributed by atoms with E-state index in [1.165, 1.54) is 25.4 Å². The molecule has 0 aromatic carbocycles. The number of aryl methyl sites for hydroxylation is 2. The molecule has 0 aliphatic carbocycles. The smallest absolute Gasteiger partial charge is 0.0389 e. The van der Waals surface area contributed by atoms with Gasteiger partial charge in [-0.15, -0.1) is 11.3 Å². The van der Waals surface area contributed by atoms with Crippen molar-refractivity contribution in [2.45, 2.75) is 34.1 Å². The van der Waals surface area contributed by atoms with Crippen molar-refractivity contribution in [1.82, 2.24) is 0 Å². The van der Waals surface area contributed by atoms with Crippen molar-refractivity contribution in [1.29, 1.82) is 0 Å². The lowest BCUT2D eigenvalue weighted by molar-refractivity contribution is 1.22. The van der Waals surface area contributed by atoms with Gasteiger partial charge in [-0.2, -0.15) is 0 Å². The van der Waals surface area contributed by atoms with Crippen LogP contribution in [0.4, 0.5) is 0 Å². The topological polar surface area (TPSA) is 0 Å². The van der Waals surface area contributed by atoms with Gasteiger partial charge in [0.25, 0.3) is 0 Å². The molecule has 0 nitrogen and oxygen atoms in total. The monoisotopic (exact) mass is 258 g/mol. The van der Waals surface area contributed by atoms with Crippen LogP contribution in [-0.2, 0) is 0 Å². The first-order chi connectivity index (χ1) is 6.11. The molecule has 0 amide bonds. The van der Waals surface area contributed by atoms with E-state index in [4.69, 9.17) is 0 Å². The minimum absolute atomic E-state index is 1.10. The number of halogens is 1. The van der Waals surface area contributed by atoms with E-state index in [-0.39, 0.29) is 0 Å². The van der Waals surface area contributed by atoms with Crippen LogP contribution in [0.2, 0.25) is 0 Å². The molecule has 1 aromatic rings. The van der Waals surface area contributed by atoms with E-state index in [9.17, 15) is 0 Å². The van der Waals surface area contributed by atoms with Crippen molar-refractivity contribution < 1.29 is 0 Å². The molecule has 1 aromatic heterocycles. The van der Waals surface area contributed by atoms with Gasteiger partial charge in [0.15, 0.2) is 0 Å². The molecule has 0 atom stereocenters. The summed E-state index contributed by atoms with van der Waals surface area (Å²) in [7, 11) is 0. The van der Waals surface area contributed by atoms with E-state index >= 15 is 0 Å². The lowest BCUT2D eigenvalue weighted by Gasteiger charge is -2.04. The summed E-state index contributed by atoms with van der Waals surface area (Å²) in [4.78, 5) is 2.79. The Labute approximate surface area is 92.8 Å². The van der Waals surface area contributed by atoms with Crippen LogP contribution in [0.15, 0.2) is 10.5 Å². The molecule has 2 heteroatoms. The van der Waals surface area contributed by atoms with Crippen molar-refractivity contribution in [2.75, 3.05) is 0 Å². The van der Waals surface area contributed by atoms with Crippen LogP contribution < -0.4 is 0 Å². The van der Waals surface area contributed by atoms with Gasteiger partial charge in [-0.05, 0) is 48.7 Å². The minimum atomic E-state index is 1.10. The number of hydrogen-bond donors (Lipinski definition) is 0. The fraction of sp³-hybridized carbons (Fsp3) is 0.455. The van der Waals surface area contributed by atoms with Crippen LogP contribution in [0.1, 0.15) is 35.6 Å². The zero-order valence-electron chi connectivity index (χ0n) is 8.57. The third-order valence-electron chi connectivity index (χ3n) is 2.24. The molecule has 0 saturated heterocycles. The summed E-state index contributed by atoms with van der Waals surface area (Å²) >= 11 is 5.52. The highest BCUT2D eigenvalue weighted by molar-refractivity contribution is 9.10. The second-order valence-corrected chi connectivity index (χ2v) is 5.29. The van der Waals surface area contributed by atoms with Gasteiger partial charge in [0.05, 0.1) is 0 Å². The molecule has 13 heavy (non-hydrogen) atoms. The van der Waals surface area contributed by atoms with Gasteiger partial charge in [-0.25, -0.2) is 0 Å². The van der Waals surface area contributed by atoms with Crippen molar-refractivity contribution in [2.24, 2.45) is 0 Å². The van der Waals surface area contributed by atoms with Crippen molar-refractivity contribution in [3.05, 3.63) is 25.9 Å². The van der Waals surface area contributed by atoms with E-state index in [1.807, 2.05) is 11.3 Å². The number of hydrogen-bond acceptors (Lipinski definition) is 1. The SMILES string of the molecule is C/C=C(\CC)c1c(C)sc(C)c1Br. The van der Waals surface area contributed by atoms with Crippen LogP contribution in [0.5, 0.6) is 0 Å². The molecule has 0 N–H and O–H groups in total. The summed E-state index contributed by atoms with van der Waals surface area (Å²) in [5.41, 5.74) is 2.85. The molecule has 1 rings (SSSR count). The molecule has 0 aliphatic heterocycles. The summed E-state index contributed by atoms with van der Waals surface area (Å²) in [5.74, 6) is 0. The third-order valence-corrected chi connectivity index (χ3v) is 4.51. The van der Waals surface area contributed by atoms with E-state index in [0.29, 0.717) is 0 Å². The first-order valence-electron chi connectivity index (χ1n) is 4.52.